The third-order valence-electron chi connectivity index (χ3n) is 5.26. The maximum absolute atomic E-state index is 12.9. The predicted molar refractivity (Wildman–Crippen MR) is 118 cm³/mol. The molecule has 0 unspecified atom stereocenters. The number of hydrogen-bond donors (Lipinski definition) is 2. The lowest BCUT2D eigenvalue weighted by Gasteiger charge is -2.14. The number of hydrazone groups is 1. The van der Waals surface area contributed by atoms with Crippen LogP contribution in [0.15, 0.2) is 78.9 Å². The molecule has 2 N–H and O–H groups in total. The van der Waals surface area contributed by atoms with Gasteiger partial charge in [0.25, 0.3) is 5.91 Å². The Labute approximate surface area is 181 Å². The van der Waals surface area contributed by atoms with Gasteiger partial charge in [-0.2, -0.15) is 0 Å². The number of aryl methyl sites for hydroxylation is 1. The highest BCUT2D eigenvalue weighted by atomic mass is 16.5. The van der Waals surface area contributed by atoms with Crippen LogP contribution in [-0.4, -0.2) is 35.9 Å². The van der Waals surface area contributed by atoms with Crippen LogP contribution in [0.25, 0.3) is 0 Å². The number of amides is 2. The molecule has 1 saturated heterocycles. The molecule has 0 aliphatic carbocycles. The minimum atomic E-state index is -0.752. The van der Waals surface area contributed by atoms with E-state index in [1.54, 1.807) is 23.9 Å². The Bertz CT molecular complexity index is 1120. The quantitative estimate of drug-likeness (QED) is 0.631. The van der Waals surface area contributed by atoms with Gasteiger partial charge in [0.1, 0.15) is 5.75 Å². The summed E-state index contributed by atoms with van der Waals surface area (Å²) in [5.74, 6) is 0.164. The summed E-state index contributed by atoms with van der Waals surface area (Å²) in [7, 11) is 1.61. The molecule has 1 aliphatic heterocycles. The molecular weight excluding hydrogens is 390 g/mol. The van der Waals surface area contributed by atoms with Crippen LogP contribution in [-0.2, 0) is 4.79 Å². The Hall–Kier alpha value is -3.93. The smallest absolute Gasteiger partial charge is 0.304 e. The molecule has 0 bridgehead atoms. The van der Waals surface area contributed by atoms with Gasteiger partial charge < -0.3 is 10.1 Å². The molecule has 1 heterocycles. The van der Waals surface area contributed by atoms with E-state index in [-0.39, 0.29) is 11.8 Å². The summed E-state index contributed by atoms with van der Waals surface area (Å²) in [4.78, 5) is 25.7. The predicted octanol–water partition coefficient (Wildman–Crippen LogP) is 3.02. The van der Waals surface area contributed by atoms with Crippen molar-refractivity contribution in [2.75, 3.05) is 7.11 Å². The number of ether oxygens (including phenoxy) is 1. The molecule has 156 valence electrons. The first-order chi connectivity index (χ1) is 15.0. The fourth-order valence-electron chi connectivity index (χ4n) is 3.64. The molecule has 3 aromatic rings. The first-order valence-electron chi connectivity index (χ1n) is 10.1. The van der Waals surface area contributed by atoms with Gasteiger partial charge in [-0.3, -0.25) is 9.59 Å². The van der Waals surface area contributed by atoms with Gasteiger partial charge >= 0.3 is 5.91 Å². The number of hydrogen-bond acceptors (Lipinski definition) is 3. The lowest BCUT2D eigenvalue weighted by molar-refractivity contribution is -0.596. The number of nitrogens with zero attached hydrogens (tertiary/aromatic N) is 1. The van der Waals surface area contributed by atoms with E-state index in [1.165, 1.54) is 0 Å². The van der Waals surface area contributed by atoms with Crippen molar-refractivity contribution in [2.24, 2.45) is 0 Å². The number of rotatable bonds is 5. The van der Waals surface area contributed by atoms with E-state index in [4.69, 9.17) is 4.74 Å². The number of carbonyl (C=O) groups is 2. The molecule has 4 rings (SSSR count). The molecule has 3 aromatic carbocycles. The van der Waals surface area contributed by atoms with Gasteiger partial charge in [0, 0.05) is 16.7 Å². The normalized spacial score (nSPS) is 19.2. The van der Waals surface area contributed by atoms with Crippen LogP contribution in [0.1, 0.15) is 33.1 Å². The average Bonchev–Trinajstić information content (AvgIpc) is 3.09. The maximum Gasteiger partial charge on any atom is 0.304 e. The van der Waals surface area contributed by atoms with Crippen molar-refractivity contribution in [1.29, 1.82) is 0 Å². The molecule has 0 aromatic heterocycles. The van der Waals surface area contributed by atoms with E-state index in [0.717, 1.165) is 22.4 Å². The molecule has 6 nitrogen and oxygen atoms in total. The summed E-state index contributed by atoms with van der Waals surface area (Å²) in [6, 6.07) is 23.3. The summed E-state index contributed by atoms with van der Waals surface area (Å²) in [5, 5.41) is 2.91. The van der Waals surface area contributed by atoms with Crippen molar-refractivity contribution < 1.29 is 19.0 Å². The molecular formula is C25H24N3O3+. The van der Waals surface area contributed by atoms with Gasteiger partial charge in [-0.05, 0) is 37.3 Å². The molecule has 31 heavy (non-hydrogen) atoms. The third kappa shape index (κ3) is 4.48. The molecule has 0 radical (unpaired) electrons. The molecule has 6 heteroatoms. The van der Waals surface area contributed by atoms with Gasteiger partial charge in [-0.25, -0.2) is 0 Å². The minimum Gasteiger partial charge on any atom is -0.497 e. The lowest BCUT2D eigenvalue weighted by atomic mass is 9.99. The van der Waals surface area contributed by atoms with E-state index in [0.29, 0.717) is 5.56 Å². The molecule has 0 spiro atoms. The van der Waals surface area contributed by atoms with E-state index in [9.17, 15) is 9.59 Å². The third-order valence-corrected chi connectivity index (χ3v) is 5.26. The van der Waals surface area contributed by atoms with Crippen molar-refractivity contribution in [3.8, 4) is 5.75 Å². The number of benzene rings is 3. The van der Waals surface area contributed by atoms with Crippen molar-refractivity contribution >= 4 is 18.0 Å². The zero-order valence-corrected chi connectivity index (χ0v) is 17.4. The summed E-state index contributed by atoms with van der Waals surface area (Å²) in [6.07, 6.45) is 1.84. The van der Waals surface area contributed by atoms with E-state index in [1.807, 2.05) is 79.9 Å². The van der Waals surface area contributed by atoms with Crippen molar-refractivity contribution in [3.63, 3.8) is 0 Å². The fourth-order valence-corrected chi connectivity index (χ4v) is 3.64. The highest BCUT2D eigenvalue weighted by Gasteiger charge is 2.47. The van der Waals surface area contributed by atoms with Crippen LogP contribution < -0.4 is 15.5 Å². The van der Waals surface area contributed by atoms with E-state index >= 15 is 0 Å². The molecule has 1 fully saturated rings. The van der Waals surface area contributed by atoms with Crippen LogP contribution in [0.3, 0.4) is 0 Å². The zero-order chi connectivity index (χ0) is 21.8. The molecule has 0 saturated carbocycles. The lowest BCUT2D eigenvalue weighted by Crippen LogP contribution is -2.42. The van der Waals surface area contributed by atoms with E-state index < -0.39 is 12.1 Å². The van der Waals surface area contributed by atoms with Gasteiger partial charge in [-0.1, -0.05) is 54.1 Å². The molecule has 2 amide bonds. The van der Waals surface area contributed by atoms with Crippen LogP contribution >= 0.6 is 0 Å². The molecule has 2 atom stereocenters. The molecule has 1 aliphatic rings. The van der Waals surface area contributed by atoms with E-state index in [2.05, 4.69) is 10.7 Å². The topological polar surface area (TPSA) is 70.4 Å². The Balaban J connectivity index is 1.68. The number of methoxy groups -OCH3 is 1. The van der Waals surface area contributed by atoms with Gasteiger partial charge in [-0.15, -0.1) is 10.1 Å². The van der Waals surface area contributed by atoms with Crippen LogP contribution in [0, 0.1) is 6.92 Å². The van der Waals surface area contributed by atoms with Crippen LogP contribution in [0.5, 0.6) is 5.75 Å². The second-order valence-electron chi connectivity index (χ2n) is 7.46. The Kier molecular flexibility index (Phi) is 5.80. The van der Waals surface area contributed by atoms with Gasteiger partial charge in [0.15, 0.2) is 6.04 Å². The van der Waals surface area contributed by atoms with Gasteiger partial charge in [0.2, 0.25) is 12.3 Å². The largest absolute Gasteiger partial charge is 0.497 e. The summed E-state index contributed by atoms with van der Waals surface area (Å²) in [6.45, 7) is 1.96. The van der Waals surface area contributed by atoms with Crippen LogP contribution in [0.4, 0.5) is 0 Å². The number of hydrazine groups is 1. The van der Waals surface area contributed by atoms with Crippen LogP contribution in [0.2, 0.25) is 0 Å². The highest BCUT2D eigenvalue weighted by Crippen LogP contribution is 2.25. The second kappa shape index (κ2) is 8.83. The number of nitrogens with one attached hydrogen (secondary N) is 2. The minimum absolute atomic E-state index is 0.270. The Morgan fingerprint density at radius 3 is 2.48 bits per heavy atom. The van der Waals surface area contributed by atoms with Crippen molar-refractivity contribution in [1.82, 2.24) is 10.7 Å². The number of carbonyl (C=O) groups excluding carboxylic acids is 2. The summed E-state index contributed by atoms with van der Waals surface area (Å²) >= 11 is 0. The fraction of sp³-hybridized carbons (Fsp3) is 0.160. The van der Waals surface area contributed by atoms with Crippen molar-refractivity contribution in [2.45, 2.75) is 19.0 Å². The Morgan fingerprint density at radius 2 is 1.77 bits per heavy atom. The average molecular weight is 414 g/mol. The Morgan fingerprint density at radius 1 is 1.03 bits per heavy atom. The first-order valence-corrected chi connectivity index (χ1v) is 10.1. The van der Waals surface area contributed by atoms with Gasteiger partial charge in [0.05, 0.1) is 7.11 Å². The SMILES string of the molecule is COc1cccc(/C=[N+]2\NC(=O)[C@H](NC(=O)c3ccc(C)cc3)[C@H]2c2ccccc2)c1. The zero-order valence-electron chi connectivity index (χ0n) is 17.4. The summed E-state index contributed by atoms with van der Waals surface area (Å²) < 4.78 is 7.04. The summed E-state index contributed by atoms with van der Waals surface area (Å²) in [5.41, 5.74) is 6.25. The monoisotopic (exact) mass is 414 g/mol. The second-order valence-corrected chi connectivity index (χ2v) is 7.46. The first kappa shape index (κ1) is 20.3. The maximum atomic E-state index is 12.9. The van der Waals surface area contributed by atoms with Crippen molar-refractivity contribution in [3.05, 3.63) is 101 Å². The standard InChI is InChI=1S/C25H23N3O3/c1-17-11-13-20(14-12-17)24(29)26-22-23(19-8-4-3-5-9-19)28(27-25(22)30)16-18-7-6-10-21(15-18)31-2/h3-16,22-23H,1-2H3,(H-,26,27,29,30)/p+1/b28-16-/t22-,23-/m1/s1. The highest BCUT2D eigenvalue weighted by molar-refractivity contribution is 5.98.